The van der Waals surface area contributed by atoms with Gasteiger partial charge in [-0.25, -0.2) is 0 Å². The van der Waals surface area contributed by atoms with Crippen LogP contribution in [-0.4, -0.2) is 30.9 Å². The topological polar surface area (TPSA) is 84.2 Å². The number of carbonyl (C=O) groups excluding carboxylic acids is 2. The third-order valence-electron chi connectivity index (χ3n) is 2.80. The van der Waals surface area contributed by atoms with Crippen molar-refractivity contribution in [3.8, 4) is 0 Å². The number of carbonyl (C=O) groups is 2. The first kappa shape index (κ1) is 15.2. The molecule has 0 aliphatic carbocycles. The van der Waals surface area contributed by atoms with Gasteiger partial charge in [0.15, 0.2) is 0 Å². The highest BCUT2D eigenvalue weighted by Gasteiger charge is 2.09. The molecule has 4 N–H and O–H groups in total. The van der Waals surface area contributed by atoms with Crippen LogP contribution in [0.5, 0.6) is 0 Å². The van der Waals surface area contributed by atoms with Gasteiger partial charge in [0.05, 0.1) is 6.04 Å². The predicted octanol–water partition coefficient (Wildman–Crippen LogP) is 0.578. The molecule has 0 aliphatic rings. The van der Waals surface area contributed by atoms with Gasteiger partial charge in [-0.05, 0) is 25.5 Å². The molecule has 2 amide bonds. The molecule has 1 aromatic rings. The third kappa shape index (κ3) is 5.09. The van der Waals surface area contributed by atoms with Gasteiger partial charge in [0.1, 0.15) is 0 Å². The van der Waals surface area contributed by atoms with Gasteiger partial charge in [0.2, 0.25) is 5.91 Å². The molecule has 5 nitrogen and oxygen atoms in total. The van der Waals surface area contributed by atoms with E-state index in [2.05, 4.69) is 10.6 Å². The summed E-state index contributed by atoms with van der Waals surface area (Å²) in [6.07, 6.45) is 0.599. The average Bonchev–Trinajstić information content (AvgIpc) is 2.42. The summed E-state index contributed by atoms with van der Waals surface area (Å²) in [5.41, 5.74) is 7.29. The predicted molar refractivity (Wildman–Crippen MR) is 74.8 cm³/mol. The van der Waals surface area contributed by atoms with Gasteiger partial charge in [0, 0.05) is 18.7 Å². The Morgan fingerprint density at radius 2 is 1.74 bits per heavy atom. The highest BCUT2D eigenvalue weighted by Crippen LogP contribution is 2.02. The lowest BCUT2D eigenvalue weighted by Crippen LogP contribution is -2.43. The SMILES string of the molecule is CC[C@H](N)C(=O)NCCNC(=O)c1ccc(C)cc1. The largest absolute Gasteiger partial charge is 0.353 e. The second kappa shape index (κ2) is 7.53. The molecule has 0 heterocycles. The zero-order valence-corrected chi connectivity index (χ0v) is 11.4. The molecule has 0 fully saturated rings. The number of rotatable bonds is 6. The van der Waals surface area contributed by atoms with E-state index in [1.165, 1.54) is 0 Å². The quantitative estimate of drug-likeness (QED) is 0.656. The lowest BCUT2D eigenvalue weighted by Gasteiger charge is -2.10. The van der Waals surface area contributed by atoms with Crippen molar-refractivity contribution in [1.29, 1.82) is 0 Å². The highest BCUT2D eigenvalue weighted by molar-refractivity contribution is 5.94. The normalized spacial score (nSPS) is 11.7. The van der Waals surface area contributed by atoms with E-state index in [1.54, 1.807) is 12.1 Å². The maximum atomic E-state index is 11.7. The minimum atomic E-state index is -0.479. The first-order valence-corrected chi connectivity index (χ1v) is 6.42. The maximum absolute atomic E-state index is 11.7. The van der Waals surface area contributed by atoms with Crippen molar-refractivity contribution in [1.82, 2.24) is 10.6 Å². The molecule has 1 rings (SSSR count). The Morgan fingerprint density at radius 1 is 1.16 bits per heavy atom. The Morgan fingerprint density at radius 3 is 2.32 bits per heavy atom. The van der Waals surface area contributed by atoms with Crippen LogP contribution in [0.2, 0.25) is 0 Å². The number of aryl methyl sites for hydroxylation is 1. The minimum Gasteiger partial charge on any atom is -0.353 e. The van der Waals surface area contributed by atoms with Crippen LogP contribution in [0.3, 0.4) is 0 Å². The Labute approximate surface area is 113 Å². The number of nitrogens with two attached hydrogens (primary N) is 1. The zero-order chi connectivity index (χ0) is 14.3. The van der Waals surface area contributed by atoms with E-state index in [9.17, 15) is 9.59 Å². The van der Waals surface area contributed by atoms with Crippen molar-refractivity contribution >= 4 is 11.8 Å². The highest BCUT2D eigenvalue weighted by atomic mass is 16.2. The van der Waals surface area contributed by atoms with Crippen LogP contribution in [-0.2, 0) is 4.79 Å². The van der Waals surface area contributed by atoms with E-state index >= 15 is 0 Å². The maximum Gasteiger partial charge on any atom is 0.251 e. The molecule has 1 aromatic carbocycles. The molecule has 0 spiro atoms. The number of benzene rings is 1. The summed E-state index contributed by atoms with van der Waals surface area (Å²) in [4.78, 5) is 23.1. The molecule has 0 saturated carbocycles. The number of hydrogen-bond acceptors (Lipinski definition) is 3. The summed E-state index contributed by atoms with van der Waals surface area (Å²) in [5, 5.41) is 5.41. The summed E-state index contributed by atoms with van der Waals surface area (Å²) in [5.74, 6) is -0.332. The van der Waals surface area contributed by atoms with Crippen LogP contribution >= 0.6 is 0 Å². The second-order valence-electron chi connectivity index (χ2n) is 4.43. The number of nitrogens with one attached hydrogen (secondary N) is 2. The van der Waals surface area contributed by atoms with Crippen molar-refractivity contribution in [2.45, 2.75) is 26.3 Å². The Bertz CT molecular complexity index is 429. The third-order valence-corrected chi connectivity index (χ3v) is 2.80. The van der Waals surface area contributed by atoms with Crippen LogP contribution in [0, 0.1) is 6.92 Å². The number of hydrogen-bond donors (Lipinski definition) is 3. The van der Waals surface area contributed by atoms with Gasteiger partial charge >= 0.3 is 0 Å². The molecular weight excluding hydrogens is 242 g/mol. The molecule has 0 radical (unpaired) electrons. The lowest BCUT2D eigenvalue weighted by atomic mass is 10.1. The van der Waals surface area contributed by atoms with Crippen LogP contribution in [0.15, 0.2) is 24.3 Å². The van der Waals surface area contributed by atoms with Crippen molar-refractivity contribution in [2.75, 3.05) is 13.1 Å². The molecule has 104 valence electrons. The zero-order valence-electron chi connectivity index (χ0n) is 11.4. The molecule has 0 saturated heterocycles. The molecule has 0 unspecified atom stereocenters. The van der Waals surface area contributed by atoms with Crippen molar-refractivity contribution in [3.63, 3.8) is 0 Å². The van der Waals surface area contributed by atoms with E-state index in [4.69, 9.17) is 5.73 Å². The Kier molecular flexibility index (Phi) is 6.02. The van der Waals surface area contributed by atoms with E-state index in [0.29, 0.717) is 25.1 Å². The fourth-order valence-electron chi connectivity index (χ4n) is 1.49. The van der Waals surface area contributed by atoms with Gasteiger partial charge < -0.3 is 16.4 Å². The molecule has 0 bridgehead atoms. The van der Waals surface area contributed by atoms with Crippen LogP contribution < -0.4 is 16.4 Å². The van der Waals surface area contributed by atoms with Gasteiger partial charge in [-0.1, -0.05) is 24.6 Å². The summed E-state index contributed by atoms with van der Waals surface area (Å²) in [6, 6.07) is 6.84. The smallest absolute Gasteiger partial charge is 0.251 e. The fourth-order valence-corrected chi connectivity index (χ4v) is 1.49. The van der Waals surface area contributed by atoms with E-state index in [-0.39, 0.29) is 11.8 Å². The van der Waals surface area contributed by atoms with E-state index < -0.39 is 6.04 Å². The summed E-state index contributed by atoms with van der Waals surface area (Å²) < 4.78 is 0. The first-order chi connectivity index (χ1) is 9.04. The van der Waals surface area contributed by atoms with Crippen LogP contribution in [0.25, 0.3) is 0 Å². The van der Waals surface area contributed by atoms with E-state index in [0.717, 1.165) is 5.56 Å². The number of amides is 2. The van der Waals surface area contributed by atoms with Gasteiger partial charge in [-0.15, -0.1) is 0 Å². The van der Waals surface area contributed by atoms with Gasteiger partial charge in [-0.2, -0.15) is 0 Å². The summed E-state index contributed by atoms with van der Waals surface area (Å²) >= 11 is 0. The van der Waals surface area contributed by atoms with Gasteiger partial charge in [0.25, 0.3) is 5.91 Å². The Balaban J connectivity index is 2.28. The van der Waals surface area contributed by atoms with Crippen LogP contribution in [0.1, 0.15) is 29.3 Å². The fraction of sp³-hybridized carbons (Fsp3) is 0.429. The minimum absolute atomic E-state index is 0.144. The van der Waals surface area contributed by atoms with Crippen molar-refractivity contribution < 1.29 is 9.59 Å². The molecule has 5 heteroatoms. The molecule has 0 aromatic heterocycles. The molecule has 19 heavy (non-hydrogen) atoms. The van der Waals surface area contributed by atoms with Crippen molar-refractivity contribution in [3.05, 3.63) is 35.4 Å². The average molecular weight is 263 g/mol. The van der Waals surface area contributed by atoms with Crippen molar-refractivity contribution in [2.24, 2.45) is 5.73 Å². The standard InChI is InChI=1S/C14H21N3O2/c1-3-12(15)14(19)17-9-8-16-13(18)11-6-4-10(2)5-7-11/h4-7,12H,3,8-9,15H2,1-2H3,(H,16,18)(H,17,19)/t12-/m0/s1. The van der Waals surface area contributed by atoms with Crippen LogP contribution in [0.4, 0.5) is 0 Å². The lowest BCUT2D eigenvalue weighted by molar-refractivity contribution is -0.122. The second-order valence-corrected chi connectivity index (χ2v) is 4.43. The molecule has 1 atom stereocenters. The first-order valence-electron chi connectivity index (χ1n) is 6.42. The van der Waals surface area contributed by atoms with Gasteiger partial charge in [-0.3, -0.25) is 9.59 Å². The Hall–Kier alpha value is -1.88. The molecular formula is C14H21N3O2. The summed E-state index contributed by atoms with van der Waals surface area (Å²) in [6.45, 7) is 4.58. The summed E-state index contributed by atoms with van der Waals surface area (Å²) in [7, 11) is 0. The molecule has 0 aliphatic heterocycles. The van der Waals surface area contributed by atoms with E-state index in [1.807, 2.05) is 26.0 Å². The monoisotopic (exact) mass is 263 g/mol.